The minimum Gasteiger partial charge on any atom is -0.121 e. The van der Waals surface area contributed by atoms with Crippen LogP contribution in [0.25, 0.3) is 30.0 Å². The third kappa shape index (κ3) is 7.81. The van der Waals surface area contributed by atoms with Crippen LogP contribution in [0.2, 0.25) is 0 Å². The van der Waals surface area contributed by atoms with Crippen molar-refractivity contribution in [3.8, 4) is 0 Å². The summed E-state index contributed by atoms with van der Waals surface area (Å²) in [5.74, 6) is 0. The Morgan fingerprint density at radius 3 is 0.827 bits per heavy atom. The van der Waals surface area contributed by atoms with E-state index in [4.69, 9.17) is 0 Å². The van der Waals surface area contributed by atoms with Gasteiger partial charge in [0.05, 0.1) is 59.3 Å². The van der Waals surface area contributed by atoms with Gasteiger partial charge in [-0.25, -0.2) is 0 Å². The van der Waals surface area contributed by atoms with Crippen LogP contribution in [0.1, 0.15) is 0 Å². The molecule has 0 aliphatic carbocycles. The molecule has 3 aromatic carbocycles. The fourth-order valence-electron chi connectivity index (χ4n) is 5.59. The molecule has 52 heavy (non-hydrogen) atoms. The topological polar surface area (TPSA) is 0 Å². The quantitative estimate of drug-likeness (QED) is 0.215. The van der Waals surface area contributed by atoms with Crippen molar-refractivity contribution in [2.45, 2.75) is 0 Å². The van der Waals surface area contributed by atoms with E-state index in [1.165, 1.54) is 91.3 Å². The average Bonchev–Trinajstić information content (AvgIpc) is 4.01. The molecule has 0 radical (unpaired) electrons. The number of hydrogen-bond acceptors (Lipinski definition) is 16. The van der Waals surface area contributed by atoms with Gasteiger partial charge >= 0.3 is 0 Å². The second-order valence-electron chi connectivity index (χ2n) is 10.7. The van der Waals surface area contributed by atoms with Gasteiger partial charge < -0.3 is 0 Å². The van der Waals surface area contributed by atoms with Gasteiger partial charge in [0.15, 0.2) is 0 Å². The Kier molecular flexibility index (Phi) is 13.0. The van der Waals surface area contributed by atoms with Gasteiger partial charge in [-0.05, 0) is 70.9 Å². The second-order valence-corrected chi connectivity index (χ2v) is 30.1. The molecule has 6 heterocycles. The predicted molar refractivity (Wildman–Crippen MR) is 273 cm³/mol. The predicted octanol–water partition coefficient (Wildman–Crippen LogP) is 16.3. The van der Waals surface area contributed by atoms with E-state index in [-0.39, 0.29) is 0 Å². The lowest BCUT2D eigenvalue weighted by Gasteiger charge is -2.12. The molecule has 0 N–H and O–H groups in total. The Hall–Kier alpha value is 1.44. The van der Waals surface area contributed by atoms with Gasteiger partial charge in [-0.2, -0.15) is 0 Å². The van der Waals surface area contributed by atoms with Crippen LogP contribution in [0, 0.1) is 0 Å². The fourth-order valence-corrected chi connectivity index (χ4v) is 27.8. The van der Waals surface area contributed by atoms with Gasteiger partial charge in [0.1, 0.15) is 0 Å². The van der Waals surface area contributed by atoms with Crippen LogP contribution in [-0.4, -0.2) is 25.0 Å². The third-order valence-corrected chi connectivity index (χ3v) is 29.0. The molecule has 0 saturated heterocycles. The molecule has 264 valence electrons. The number of fused-ring (bicyclic) bond motifs is 2. The van der Waals surface area contributed by atoms with Gasteiger partial charge in [0, 0.05) is 10.4 Å². The first-order valence-corrected chi connectivity index (χ1v) is 30.0. The Morgan fingerprint density at radius 2 is 0.577 bits per heavy atom. The van der Waals surface area contributed by atoms with Crippen LogP contribution in [-0.2, 0) is 0 Å². The maximum Gasteiger partial charge on any atom is 0.0717 e. The van der Waals surface area contributed by atoms with Crippen molar-refractivity contribution in [2.75, 3.05) is 25.0 Å². The number of hydrogen-bond donors (Lipinski definition) is 0. The molecule has 6 aliphatic rings. The molecule has 0 spiro atoms. The number of rotatable bonds is 6. The molecule has 0 aromatic heterocycles. The molecule has 0 nitrogen and oxygen atoms in total. The van der Waals surface area contributed by atoms with E-state index in [9.17, 15) is 0 Å². The van der Waals surface area contributed by atoms with E-state index >= 15 is 0 Å². The highest BCUT2D eigenvalue weighted by Gasteiger charge is 2.33. The number of thioether (sulfide) groups is 16. The van der Waals surface area contributed by atoms with Crippen LogP contribution >= 0.6 is 188 Å². The minimum atomic E-state index is 1.35. The molecule has 16 heteroatoms. The summed E-state index contributed by atoms with van der Waals surface area (Å²) in [6.45, 7) is 0. The van der Waals surface area contributed by atoms with E-state index in [2.05, 4.69) is 97.9 Å². The zero-order chi connectivity index (χ0) is 35.3. The molecule has 9 rings (SSSR count). The molecule has 6 aliphatic heterocycles. The Morgan fingerprint density at radius 1 is 0.327 bits per heavy atom. The lowest BCUT2D eigenvalue weighted by molar-refractivity contribution is 1.69. The first-order chi connectivity index (χ1) is 25.5. The lowest BCUT2D eigenvalue weighted by atomic mass is 9.99. The largest absolute Gasteiger partial charge is 0.121 e. The van der Waals surface area contributed by atoms with Crippen molar-refractivity contribution in [3.05, 3.63) is 134 Å². The van der Waals surface area contributed by atoms with E-state index in [0.717, 1.165) is 0 Å². The average molecular weight is 970 g/mol. The van der Waals surface area contributed by atoms with Crippen molar-refractivity contribution in [1.82, 2.24) is 0 Å². The summed E-state index contributed by atoms with van der Waals surface area (Å²) in [6.07, 6.45) is 18.0. The molecular weight excluding hydrogens is 945 g/mol. The molecule has 0 saturated carbocycles. The highest BCUT2D eigenvalue weighted by atomic mass is 32.3. The third-order valence-electron chi connectivity index (χ3n) is 7.75. The van der Waals surface area contributed by atoms with E-state index in [0.29, 0.717) is 0 Å². The fraction of sp³-hybridized carbons (Fsp3) is 0.111. The summed E-state index contributed by atoms with van der Waals surface area (Å²) in [5, 5.41) is 8.17. The second kappa shape index (κ2) is 17.3. The Bertz CT molecular complexity index is 2150. The summed E-state index contributed by atoms with van der Waals surface area (Å²) in [7, 11) is 0. The van der Waals surface area contributed by atoms with Crippen molar-refractivity contribution in [1.29, 1.82) is 0 Å². The number of allylic oxidation sites excluding steroid dienone is 4. The summed E-state index contributed by atoms with van der Waals surface area (Å²) in [6, 6.07) is 18.2. The van der Waals surface area contributed by atoms with Gasteiger partial charge in [-0.15, -0.1) is 47.0 Å². The van der Waals surface area contributed by atoms with Gasteiger partial charge in [-0.3, -0.25) is 0 Å². The Balaban J connectivity index is 0.993. The normalized spacial score (nSPS) is 20.3. The van der Waals surface area contributed by atoms with Crippen LogP contribution in [0.4, 0.5) is 0 Å². The summed E-state index contributed by atoms with van der Waals surface area (Å²) >= 11 is 30.6. The monoisotopic (exact) mass is 968 g/mol. The highest BCUT2D eigenvalue weighted by molar-refractivity contribution is 8.52. The first-order valence-electron chi connectivity index (χ1n) is 15.3. The maximum absolute atomic E-state index is 2.34. The summed E-state index contributed by atoms with van der Waals surface area (Å²) < 4.78 is 19.7. The number of benzene rings is 3. The molecule has 0 atom stereocenters. The van der Waals surface area contributed by atoms with Crippen molar-refractivity contribution >= 4 is 218 Å². The molecule has 0 bridgehead atoms. The van der Waals surface area contributed by atoms with E-state index in [1.807, 2.05) is 188 Å². The maximum atomic E-state index is 2.34. The summed E-state index contributed by atoms with van der Waals surface area (Å²) in [5.41, 5.74) is 0. The van der Waals surface area contributed by atoms with Gasteiger partial charge in [-0.1, -0.05) is 190 Å². The first kappa shape index (κ1) is 38.9. The van der Waals surface area contributed by atoms with Crippen LogP contribution in [0.3, 0.4) is 0 Å². The van der Waals surface area contributed by atoms with E-state index in [1.54, 1.807) is 0 Å². The van der Waals surface area contributed by atoms with Gasteiger partial charge in [0.25, 0.3) is 0 Å². The molecule has 0 fully saturated rings. The molecular formula is C36H24S16. The SMILES string of the molecule is CSC1=C(SC)SC(=CC=C2SC3=C(S2)SC(=c2c4ccccc4c(=C4SC5=C(SC(=CC=C6SC(SC)=C(SC)S6)S5)S4)c4ccccc24)S3)S1. The highest BCUT2D eigenvalue weighted by Crippen LogP contribution is 2.68. The van der Waals surface area contributed by atoms with Gasteiger partial charge in [0.2, 0.25) is 0 Å². The standard InChI is InChI=1S/C36H24S16/c1-37-29-30(38-2)42-21(41-29)13-15-23-45-33-34(46-23)50-27(49-33)25-17-9-5-7-11-19(17)26(20-12-8-6-10-18(20)25)28-51-35-36(52-28)48-24(47-35)16-14-22-43-31(39-3)32(40-4)44-22/h5-16H,1-4H3. The van der Waals surface area contributed by atoms with Crippen LogP contribution in [0.5, 0.6) is 0 Å². The lowest BCUT2D eigenvalue weighted by Crippen LogP contribution is -2.16. The van der Waals surface area contributed by atoms with Crippen LogP contribution < -0.4 is 10.4 Å². The minimum absolute atomic E-state index is 1.35. The van der Waals surface area contributed by atoms with E-state index < -0.39 is 0 Å². The zero-order valence-corrected chi connectivity index (χ0v) is 40.5. The smallest absolute Gasteiger partial charge is 0.0717 e. The summed E-state index contributed by atoms with van der Waals surface area (Å²) in [4.78, 5) is 0. The van der Waals surface area contributed by atoms with Crippen LogP contribution in [0.15, 0.2) is 124 Å². The molecule has 0 unspecified atom stereocenters. The molecule has 3 aromatic rings. The Labute approximate surface area is 372 Å². The molecule has 0 amide bonds. The van der Waals surface area contributed by atoms with Crippen molar-refractivity contribution in [3.63, 3.8) is 0 Å². The van der Waals surface area contributed by atoms with Crippen molar-refractivity contribution < 1.29 is 0 Å². The zero-order valence-electron chi connectivity index (χ0n) is 27.5. The van der Waals surface area contributed by atoms with Crippen molar-refractivity contribution in [2.24, 2.45) is 0 Å².